The predicted octanol–water partition coefficient (Wildman–Crippen LogP) is 3.54. The summed E-state index contributed by atoms with van der Waals surface area (Å²) in [6.45, 7) is 2.60. The first-order chi connectivity index (χ1) is 13.1. The molecule has 1 amide bonds. The van der Waals surface area contributed by atoms with Gasteiger partial charge in [0.15, 0.2) is 11.5 Å². The molecule has 1 aliphatic rings. The van der Waals surface area contributed by atoms with Gasteiger partial charge in [-0.3, -0.25) is 4.79 Å². The van der Waals surface area contributed by atoms with E-state index in [0.29, 0.717) is 6.04 Å². The largest absolute Gasteiger partial charge is 0.493 e. The third-order valence-corrected chi connectivity index (χ3v) is 5.96. The van der Waals surface area contributed by atoms with E-state index in [0.717, 1.165) is 56.0 Å². The van der Waals surface area contributed by atoms with Gasteiger partial charge in [0.2, 0.25) is 0 Å². The van der Waals surface area contributed by atoms with Gasteiger partial charge in [-0.25, -0.2) is 0 Å². The summed E-state index contributed by atoms with van der Waals surface area (Å²) in [6, 6.07) is 8.40. The molecular formula is C21H28N2O3S. The second-order valence-corrected chi connectivity index (χ2v) is 7.76. The van der Waals surface area contributed by atoms with Crippen molar-refractivity contribution in [3.05, 3.63) is 46.2 Å². The number of rotatable bonds is 7. The van der Waals surface area contributed by atoms with Crippen molar-refractivity contribution in [3.63, 3.8) is 0 Å². The highest BCUT2D eigenvalue weighted by Crippen LogP contribution is 2.28. The number of likely N-dealkylation sites (N-methyl/N-ethyl adjacent to an activating group) is 1. The molecule has 1 fully saturated rings. The van der Waals surface area contributed by atoms with Gasteiger partial charge in [0.25, 0.3) is 5.91 Å². The van der Waals surface area contributed by atoms with Crippen LogP contribution >= 0.6 is 11.3 Å². The fraction of sp³-hybridized carbons (Fsp3) is 0.476. The first-order valence-electron chi connectivity index (χ1n) is 9.35. The van der Waals surface area contributed by atoms with Gasteiger partial charge < -0.3 is 19.3 Å². The second kappa shape index (κ2) is 9.24. The number of benzene rings is 1. The fourth-order valence-corrected chi connectivity index (χ4v) is 4.22. The molecule has 5 nitrogen and oxygen atoms in total. The number of nitrogens with zero attached hydrogens (tertiary/aromatic N) is 2. The van der Waals surface area contributed by atoms with Crippen LogP contribution in [0.4, 0.5) is 0 Å². The monoisotopic (exact) mass is 388 g/mol. The van der Waals surface area contributed by atoms with Gasteiger partial charge in [-0.2, -0.15) is 11.3 Å². The van der Waals surface area contributed by atoms with E-state index in [9.17, 15) is 4.79 Å². The number of carbonyl (C=O) groups excluding carboxylic acids is 1. The molecule has 146 valence electrons. The molecule has 2 aromatic rings. The minimum atomic E-state index is 0.161. The van der Waals surface area contributed by atoms with Crippen molar-refractivity contribution in [3.8, 4) is 11.5 Å². The lowest BCUT2D eigenvalue weighted by molar-refractivity contribution is 0.0612. The topological polar surface area (TPSA) is 42.0 Å². The van der Waals surface area contributed by atoms with Gasteiger partial charge in [0, 0.05) is 31.1 Å². The second-order valence-electron chi connectivity index (χ2n) is 6.98. The van der Waals surface area contributed by atoms with Gasteiger partial charge in [0.05, 0.1) is 19.8 Å². The normalized spacial score (nSPS) is 17.2. The summed E-state index contributed by atoms with van der Waals surface area (Å²) < 4.78 is 10.7. The Bertz CT molecular complexity index is 748. The minimum absolute atomic E-state index is 0.161. The molecule has 0 N–H and O–H groups in total. The van der Waals surface area contributed by atoms with Crippen molar-refractivity contribution < 1.29 is 14.3 Å². The maximum atomic E-state index is 12.6. The fourth-order valence-electron chi connectivity index (χ4n) is 3.59. The average molecular weight is 389 g/mol. The first-order valence-corrected chi connectivity index (χ1v) is 10.3. The number of hydrogen-bond acceptors (Lipinski definition) is 5. The Hall–Kier alpha value is -2.05. The molecule has 0 bridgehead atoms. The zero-order valence-electron chi connectivity index (χ0n) is 16.3. The summed E-state index contributed by atoms with van der Waals surface area (Å²) in [6.07, 6.45) is 3.13. The van der Waals surface area contributed by atoms with Crippen LogP contribution in [0.1, 0.15) is 28.8 Å². The Morgan fingerprint density at radius 1 is 1.26 bits per heavy atom. The molecule has 0 aliphatic carbocycles. The van der Waals surface area contributed by atoms with E-state index in [1.165, 1.54) is 5.56 Å². The van der Waals surface area contributed by atoms with E-state index >= 15 is 0 Å². The maximum absolute atomic E-state index is 12.6. The van der Waals surface area contributed by atoms with Gasteiger partial charge in [0.1, 0.15) is 0 Å². The van der Waals surface area contributed by atoms with E-state index in [1.54, 1.807) is 25.6 Å². The van der Waals surface area contributed by atoms with Crippen LogP contribution < -0.4 is 9.47 Å². The van der Waals surface area contributed by atoms with E-state index in [2.05, 4.69) is 18.0 Å². The SMILES string of the molecule is COc1ccc(CCN(C)[C@H]2CCCN(C(=O)c3ccsc3)C2)cc1OC. The number of likely N-dealkylation sites (tertiary alicyclic amines) is 1. The third kappa shape index (κ3) is 4.82. The van der Waals surface area contributed by atoms with E-state index in [-0.39, 0.29) is 5.91 Å². The van der Waals surface area contributed by atoms with Crippen LogP contribution in [-0.2, 0) is 6.42 Å². The van der Waals surface area contributed by atoms with Crippen LogP contribution in [0.2, 0.25) is 0 Å². The minimum Gasteiger partial charge on any atom is -0.493 e. The zero-order valence-corrected chi connectivity index (χ0v) is 17.1. The third-order valence-electron chi connectivity index (χ3n) is 5.28. The number of thiophene rings is 1. The van der Waals surface area contributed by atoms with Crippen molar-refractivity contribution in [1.29, 1.82) is 0 Å². The number of amides is 1. The number of carbonyl (C=O) groups is 1. The van der Waals surface area contributed by atoms with Crippen molar-refractivity contribution in [1.82, 2.24) is 9.80 Å². The standard InChI is InChI=1S/C21H28N2O3S/c1-22(11-8-16-6-7-19(25-2)20(13-16)26-3)18-5-4-10-23(14-18)21(24)17-9-12-27-15-17/h6-7,9,12-13,15,18H,4-5,8,10-11,14H2,1-3H3/t18-/m0/s1. The Morgan fingerprint density at radius 2 is 2.07 bits per heavy atom. The highest BCUT2D eigenvalue weighted by atomic mass is 32.1. The average Bonchev–Trinajstić information content (AvgIpc) is 3.26. The molecule has 6 heteroatoms. The van der Waals surface area contributed by atoms with Crippen molar-refractivity contribution in [2.24, 2.45) is 0 Å². The predicted molar refractivity (Wildman–Crippen MR) is 109 cm³/mol. The summed E-state index contributed by atoms with van der Waals surface area (Å²) in [4.78, 5) is 17.0. The molecule has 27 heavy (non-hydrogen) atoms. The molecule has 1 aliphatic heterocycles. The molecule has 1 saturated heterocycles. The molecule has 0 spiro atoms. The lowest BCUT2D eigenvalue weighted by Crippen LogP contribution is -2.49. The maximum Gasteiger partial charge on any atom is 0.254 e. The van der Waals surface area contributed by atoms with Gasteiger partial charge in [-0.15, -0.1) is 0 Å². The summed E-state index contributed by atoms with van der Waals surface area (Å²) in [5.41, 5.74) is 2.04. The van der Waals surface area contributed by atoms with Crippen molar-refractivity contribution >= 4 is 17.2 Å². The van der Waals surface area contributed by atoms with Crippen LogP contribution in [0.15, 0.2) is 35.0 Å². The van der Waals surface area contributed by atoms with Crippen molar-refractivity contribution in [2.75, 3.05) is 40.9 Å². The number of hydrogen-bond donors (Lipinski definition) is 0. The number of piperidine rings is 1. The molecule has 0 unspecified atom stereocenters. The smallest absolute Gasteiger partial charge is 0.254 e. The van der Waals surface area contributed by atoms with Crippen LogP contribution in [0.3, 0.4) is 0 Å². The zero-order chi connectivity index (χ0) is 19.2. The lowest BCUT2D eigenvalue weighted by Gasteiger charge is -2.37. The Kier molecular flexibility index (Phi) is 6.74. The van der Waals surface area contributed by atoms with Crippen LogP contribution in [0.5, 0.6) is 11.5 Å². The molecular weight excluding hydrogens is 360 g/mol. The van der Waals surface area contributed by atoms with Gasteiger partial charge in [-0.05, 0) is 55.5 Å². The van der Waals surface area contributed by atoms with Crippen LogP contribution in [0, 0.1) is 0 Å². The first kappa shape index (κ1) is 19.7. The van der Waals surface area contributed by atoms with E-state index in [1.807, 2.05) is 33.9 Å². The quantitative estimate of drug-likeness (QED) is 0.728. The van der Waals surface area contributed by atoms with E-state index in [4.69, 9.17) is 9.47 Å². The Balaban J connectivity index is 1.56. The molecule has 1 aromatic carbocycles. The number of ether oxygens (including phenoxy) is 2. The molecule has 0 radical (unpaired) electrons. The lowest BCUT2D eigenvalue weighted by atomic mass is 10.0. The highest BCUT2D eigenvalue weighted by Gasteiger charge is 2.26. The molecule has 0 saturated carbocycles. The summed E-state index contributed by atoms with van der Waals surface area (Å²) >= 11 is 1.57. The Morgan fingerprint density at radius 3 is 2.78 bits per heavy atom. The molecule has 1 atom stereocenters. The Labute approximate surface area is 165 Å². The summed E-state index contributed by atoms with van der Waals surface area (Å²) in [5, 5.41) is 3.90. The summed E-state index contributed by atoms with van der Waals surface area (Å²) in [5.74, 6) is 1.68. The number of methoxy groups -OCH3 is 2. The van der Waals surface area contributed by atoms with Crippen LogP contribution in [-0.4, -0.2) is 62.7 Å². The molecule has 3 rings (SSSR count). The van der Waals surface area contributed by atoms with Crippen LogP contribution in [0.25, 0.3) is 0 Å². The van der Waals surface area contributed by atoms with Gasteiger partial charge >= 0.3 is 0 Å². The van der Waals surface area contributed by atoms with Gasteiger partial charge in [-0.1, -0.05) is 6.07 Å². The van der Waals surface area contributed by atoms with E-state index < -0.39 is 0 Å². The highest BCUT2D eigenvalue weighted by molar-refractivity contribution is 7.08. The summed E-state index contributed by atoms with van der Waals surface area (Å²) in [7, 11) is 5.47. The molecule has 2 heterocycles. The van der Waals surface area contributed by atoms with Crippen molar-refractivity contribution in [2.45, 2.75) is 25.3 Å². The molecule has 1 aromatic heterocycles.